The number of hydrogen-bond acceptors (Lipinski definition) is 5. The van der Waals surface area contributed by atoms with Crippen molar-refractivity contribution in [2.75, 3.05) is 19.6 Å². The molecule has 1 atom stereocenters. The van der Waals surface area contributed by atoms with Gasteiger partial charge in [0.25, 0.3) is 5.69 Å². The Balaban J connectivity index is 0.00000341. The van der Waals surface area contributed by atoms with E-state index in [2.05, 4.69) is 28.6 Å². The second-order valence-electron chi connectivity index (χ2n) is 7.23. The average molecular weight is 557 g/mol. The maximum atomic E-state index is 11.7. The molecular formula is C21H28IN5O3S. The number of benzene rings is 1. The molecule has 1 amide bonds. The van der Waals surface area contributed by atoms with Gasteiger partial charge in [0.1, 0.15) is 0 Å². The van der Waals surface area contributed by atoms with Crippen LogP contribution >= 0.6 is 35.3 Å². The number of carbonyl (C=O) groups is 1. The number of amides is 1. The molecule has 1 aliphatic heterocycles. The number of nitrogens with one attached hydrogen (secondary N) is 2. The summed E-state index contributed by atoms with van der Waals surface area (Å²) in [5.41, 5.74) is 0.968. The Hall–Kier alpha value is -2.21. The molecule has 3 rings (SSSR count). The Labute approximate surface area is 203 Å². The maximum absolute atomic E-state index is 11.7. The van der Waals surface area contributed by atoms with E-state index < -0.39 is 4.92 Å². The summed E-state index contributed by atoms with van der Waals surface area (Å²) in [4.78, 5) is 29.9. The third-order valence-corrected chi connectivity index (χ3v) is 6.01. The predicted molar refractivity (Wildman–Crippen MR) is 134 cm³/mol. The van der Waals surface area contributed by atoms with Crippen molar-refractivity contribution in [1.82, 2.24) is 15.5 Å². The molecular weight excluding hydrogens is 529 g/mol. The lowest BCUT2D eigenvalue weighted by Gasteiger charge is -2.19. The van der Waals surface area contributed by atoms with Gasteiger partial charge in [0.15, 0.2) is 5.96 Å². The van der Waals surface area contributed by atoms with E-state index in [0.29, 0.717) is 25.5 Å². The standard InChI is InChI=1S/C21H27N5O3S.HI/c1-16(19-5-3-14-30-19)24-21(22-11-4-13-25-12-2-6-20(25)27)23-15-17-7-9-18(10-8-17)26(28)29;/h3,5,7-10,14,16H,2,4,6,11-13,15H2,1H3,(H2,22,23,24);1H. The number of carbonyl (C=O) groups excluding carboxylic acids is 1. The molecule has 1 aliphatic rings. The van der Waals surface area contributed by atoms with Crippen molar-refractivity contribution in [1.29, 1.82) is 0 Å². The number of nitro groups is 1. The van der Waals surface area contributed by atoms with Crippen LogP contribution in [0.15, 0.2) is 46.8 Å². The van der Waals surface area contributed by atoms with Crippen LogP contribution in [0.4, 0.5) is 5.69 Å². The van der Waals surface area contributed by atoms with Crippen LogP contribution in [0.25, 0.3) is 0 Å². The van der Waals surface area contributed by atoms with Gasteiger partial charge in [0, 0.05) is 43.1 Å². The second kappa shape index (κ2) is 12.6. The topological polar surface area (TPSA) is 99.9 Å². The van der Waals surface area contributed by atoms with Gasteiger partial charge < -0.3 is 15.5 Å². The fourth-order valence-electron chi connectivity index (χ4n) is 3.28. The molecule has 0 bridgehead atoms. The van der Waals surface area contributed by atoms with E-state index >= 15 is 0 Å². The zero-order chi connectivity index (χ0) is 21.3. The molecule has 8 nitrogen and oxygen atoms in total. The fraction of sp³-hybridized carbons (Fsp3) is 0.429. The number of likely N-dealkylation sites (tertiary alicyclic amines) is 1. The molecule has 2 aromatic rings. The van der Waals surface area contributed by atoms with Crippen LogP contribution in [0, 0.1) is 10.1 Å². The van der Waals surface area contributed by atoms with Crippen molar-refractivity contribution in [3.05, 3.63) is 62.3 Å². The summed E-state index contributed by atoms with van der Waals surface area (Å²) in [5.74, 6) is 0.925. The van der Waals surface area contributed by atoms with Crippen LogP contribution in [-0.4, -0.2) is 41.3 Å². The molecule has 1 aromatic heterocycles. The molecule has 1 aromatic carbocycles. The van der Waals surface area contributed by atoms with Gasteiger partial charge in [-0.15, -0.1) is 35.3 Å². The Morgan fingerprint density at radius 2 is 2.10 bits per heavy atom. The van der Waals surface area contributed by atoms with Crippen molar-refractivity contribution >= 4 is 52.9 Å². The number of nitrogens with zero attached hydrogens (tertiary/aromatic N) is 3. The third-order valence-electron chi connectivity index (χ3n) is 4.96. The Morgan fingerprint density at radius 3 is 2.71 bits per heavy atom. The Kier molecular flexibility index (Phi) is 10.2. The number of rotatable bonds is 9. The summed E-state index contributed by atoms with van der Waals surface area (Å²) < 4.78 is 0. The van der Waals surface area contributed by atoms with Crippen molar-refractivity contribution in [2.45, 2.75) is 38.8 Å². The molecule has 10 heteroatoms. The number of aliphatic imine (C=N–C) groups is 1. The van der Waals surface area contributed by atoms with E-state index in [4.69, 9.17) is 0 Å². The highest BCUT2D eigenvalue weighted by atomic mass is 127. The smallest absolute Gasteiger partial charge is 0.269 e. The van der Waals surface area contributed by atoms with E-state index in [1.165, 1.54) is 17.0 Å². The van der Waals surface area contributed by atoms with Gasteiger partial charge >= 0.3 is 0 Å². The van der Waals surface area contributed by atoms with E-state index in [1.807, 2.05) is 16.3 Å². The van der Waals surface area contributed by atoms with Crippen LogP contribution in [-0.2, 0) is 11.3 Å². The van der Waals surface area contributed by atoms with Gasteiger partial charge in [-0.25, -0.2) is 4.99 Å². The lowest BCUT2D eigenvalue weighted by Crippen LogP contribution is -2.40. The fourth-order valence-corrected chi connectivity index (χ4v) is 4.01. The van der Waals surface area contributed by atoms with Crippen molar-refractivity contribution < 1.29 is 9.72 Å². The normalized spacial score (nSPS) is 14.8. The molecule has 2 heterocycles. The Morgan fingerprint density at radius 1 is 1.32 bits per heavy atom. The Bertz CT molecular complexity index is 874. The molecule has 0 radical (unpaired) electrons. The van der Waals surface area contributed by atoms with Gasteiger partial charge in [-0.05, 0) is 36.8 Å². The van der Waals surface area contributed by atoms with Crippen LogP contribution in [0.5, 0.6) is 0 Å². The lowest BCUT2D eigenvalue weighted by molar-refractivity contribution is -0.384. The molecule has 2 N–H and O–H groups in total. The molecule has 0 spiro atoms. The molecule has 1 unspecified atom stereocenters. The van der Waals surface area contributed by atoms with Crippen molar-refractivity contribution in [3.63, 3.8) is 0 Å². The minimum absolute atomic E-state index is 0. The number of halogens is 1. The van der Waals surface area contributed by atoms with Crippen LogP contribution < -0.4 is 10.6 Å². The highest BCUT2D eigenvalue weighted by molar-refractivity contribution is 14.0. The second-order valence-corrected chi connectivity index (χ2v) is 8.21. The molecule has 1 saturated heterocycles. The first kappa shape index (κ1) is 25.1. The average Bonchev–Trinajstić information content (AvgIpc) is 3.41. The van der Waals surface area contributed by atoms with Gasteiger partial charge in [-0.3, -0.25) is 14.9 Å². The summed E-state index contributed by atoms with van der Waals surface area (Å²) >= 11 is 1.68. The largest absolute Gasteiger partial charge is 0.356 e. The SMILES string of the molecule is CC(NC(=NCc1ccc([N+](=O)[O-])cc1)NCCCN1CCCC1=O)c1cccs1.I. The highest BCUT2D eigenvalue weighted by Crippen LogP contribution is 2.18. The summed E-state index contributed by atoms with van der Waals surface area (Å²) in [6.45, 7) is 4.80. The summed E-state index contributed by atoms with van der Waals surface area (Å²) in [6.07, 6.45) is 2.46. The highest BCUT2D eigenvalue weighted by Gasteiger charge is 2.19. The lowest BCUT2D eigenvalue weighted by atomic mass is 10.2. The van der Waals surface area contributed by atoms with E-state index in [-0.39, 0.29) is 41.6 Å². The first-order valence-corrected chi connectivity index (χ1v) is 11.0. The predicted octanol–water partition coefficient (Wildman–Crippen LogP) is 4.08. The maximum Gasteiger partial charge on any atom is 0.269 e. The molecule has 31 heavy (non-hydrogen) atoms. The van der Waals surface area contributed by atoms with E-state index in [0.717, 1.165) is 31.5 Å². The zero-order valence-electron chi connectivity index (χ0n) is 17.5. The monoisotopic (exact) mass is 557 g/mol. The van der Waals surface area contributed by atoms with Crippen molar-refractivity contribution in [2.24, 2.45) is 4.99 Å². The molecule has 1 fully saturated rings. The molecule has 0 aliphatic carbocycles. The van der Waals surface area contributed by atoms with E-state index in [9.17, 15) is 14.9 Å². The molecule has 0 saturated carbocycles. The number of non-ortho nitro benzene ring substituents is 1. The van der Waals surface area contributed by atoms with E-state index in [1.54, 1.807) is 23.5 Å². The summed E-state index contributed by atoms with van der Waals surface area (Å²) in [5, 5.41) is 19.6. The number of nitro benzene ring substituents is 1. The van der Waals surface area contributed by atoms with Crippen LogP contribution in [0.3, 0.4) is 0 Å². The first-order valence-electron chi connectivity index (χ1n) is 10.1. The summed E-state index contributed by atoms with van der Waals surface area (Å²) in [7, 11) is 0. The van der Waals surface area contributed by atoms with Crippen LogP contribution in [0.2, 0.25) is 0 Å². The minimum Gasteiger partial charge on any atom is -0.356 e. The van der Waals surface area contributed by atoms with Gasteiger partial charge in [-0.1, -0.05) is 18.2 Å². The van der Waals surface area contributed by atoms with Gasteiger partial charge in [0.2, 0.25) is 5.91 Å². The van der Waals surface area contributed by atoms with Crippen molar-refractivity contribution in [3.8, 4) is 0 Å². The first-order chi connectivity index (χ1) is 14.5. The zero-order valence-corrected chi connectivity index (χ0v) is 20.6. The number of guanidine groups is 1. The van der Waals surface area contributed by atoms with Crippen LogP contribution in [0.1, 0.15) is 42.7 Å². The number of thiophene rings is 1. The summed E-state index contributed by atoms with van der Waals surface area (Å²) in [6, 6.07) is 10.6. The minimum atomic E-state index is -0.407. The quantitative estimate of drug-likeness (QED) is 0.121. The third kappa shape index (κ3) is 7.76. The molecule has 168 valence electrons. The van der Waals surface area contributed by atoms with Gasteiger partial charge in [0.05, 0.1) is 17.5 Å². The van der Waals surface area contributed by atoms with Gasteiger partial charge in [-0.2, -0.15) is 0 Å². The number of hydrogen-bond donors (Lipinski definition) is 2.